The molecular formula is C27H23N3O6S. The average Bonchev–Trinajstić information content (AvgIpc) is 3.08. The lowest BCUT2D eigenvalue weighted by molar-refractivity contribution is -0.122. The number of hydrogen-bond donors (Lipinski definition) is 3. The van der Waals surface area contributed by atoms with Gasteiger partial charge in [0.15, 0.2) is 5.11 Å². The van der Waals surface area contributed by atoms with Crippen molar-refractivity contribution in [2.24, 2.45) is 0 Å². The zero-order valence-electron chi connectivity index (χ0n) is 20.4. The number of nitrogens with one attached hydrogen (secondary N) is 1. The number of carbonyl (C=O) groups excluding carboxylic acids is 2. The van der Waals surface area contributed by atoms with Gasteiger partial charge in [-0.3, -0.25) is 19.8 Å². The molecule has 1 saturated heterocycles. The number of aromatic carboxylic acids is 2. The third-order valence-corrected chi connectivity index (χ3v) is 6.29. The van der Waals surface area contributed by atoms with Gasteiger partial charge in [0, 0.05) is 17.1 Å². The van der Waals surface area contributed by atoms with Crippen LogP contribution >= 0.6 is 12.2 Å². The van der Waals surface area contributed by atoms with Crippen molar-refractivity contribution in [3.63, 3.8) is 0 Å². The van der Waals surface area contributed by atoms with E-state index in [4.69, 9.17) is 12.2 Å². The van der Waals surface area contributed by atoms with E-state index in [0.29, 0.717) is 28.3 Å². The van der Waals surface area contributed by atoms with Crippen LogP contribution in [0.25, 0.3) is 11.8 Å². The molecule has 1 aliphatic heterocycles. The standard InChI is InChI=1S/C27H23N3O6S/c1-13-5-14(2)7-20(6-13)30-24(32)22(23(31)28-27(30)37)12-17-8-15(3)29(16(17)4)21-10-18(25(33)34)9-19(11-21)26(35)36/h5-12H,1-4H3,(H,33,34)(H,35,36)(H,28,31,37)/b22-12+. The molecule has 10 heteroatoms. The Kier molecular flexibility index (Phi) is 6.53. The Morgan fingerprint density at radius 2 is 1.41 bits per heavy atom. The SMILES string of the molecule is Cc1cc(C)cc(N2C(=O)/C(=C/c3cc(C)n(-c4cc(C(=O)O)cc(C(=O)O)c4)c3C)C(=O)NC2=S)c1. The molecule has 0 bridgehead atoms. The first-order valence-corrected chi connectivity index (χ1v) is 11.6. The van der Waals surface area contributed by atoms with Gasteiger partial charge in [0.25, 0.3) is 11.8 Å². The maximum Gasteiger partial charge on any atom is 0.335 e. The highest BCUT2D eigenvalue weighted by Gasteiger charge is 2.35. The first-order valence-electron chi connectivity index (χ1n) is 11.2. The lowest BCUT2D eigenvalue weighted by atomic mass is 10.1. The van der Waals surface area contributed by atoms with Crippen molar-refractivity contribution < 1.29 is 29.4 Å². The summed E-state index contributed by atoms with van der Waals surface area (Å²) in [4.78, 5) is 50.7. The molecular weight excluding hydrogens is 494 g/mol. The Morgan fingerprint density at radius 3 is 1.95 bits per heavy atom. The predicted octanol–water partition coefficient (Wildman–Crippen LogP) is 3.94. The van der Waals surface area contributed by atoms with Crippen LogP contribution in [0.2, 0.25) is 0 Å². The molecule has 0 radical (unpaired) electrons. The molecule has 3 aromatic rings. The third kappa shape index (κ3) is 4.78. The Hall–Kier alpha value is -4.57. The summed E-state index contributed by atoms with van der Waals surface area (Å²) in [7, 11) is 0. The van der Waals surface area contributed by atoms with E-state index in [9.17, 15) is 29.4 Å². The summed E-state index contributed by atoms with van der Waals surface area (Å²) in [6, 6.07) is 11.1. The van der Waals surface area contributed by atoms with Gasteiger partial charge in [0.1, 0.15) is 5.57 Å². The van der Waals surface area contributed by atoms with Crippen LogP contribution < -0.4 is 10.2 Å². The lowest BCUT2D eigenvalue weighted by Gasteiger charge is -2.29. The number of rotatable bonds is 5. The first-order chi connectivity index (χ1) is 17.4. The molecule has 0 spiro atoms. The van der Waals surface area contributed by atoms with Gasteiger partial charge in [-0.05, 0) is 99.1 Å². The molecule has 1 aromatic heterocycles. The Morgan fingerprint density at radius 1 is 0.838 bits per heavy atom. The van der Waals surface area contributed by atoms with Crippen molar-refractivity contribution in [2.45, 2.75) is 27.7 Å². The van der Waals surface area contributed by atoms with E-state index < -0.39 is 23.8 Å². The molecule has 2 amide bonds. The fourth-order valence-electron chi connectivity index (χ4n) is 4.45. The van der Waals surface area contributed by atoms with E-state index in [1.54, 1.807) is 36.6 Å². The second-order valence-corrected chi connectivity index (χ2v) is 9.23. The topological polar surface area (TPSA) is 129 Å². The summed E-state index contributed by atoms with van der Waals surface area (Å²) in [6.07, 6.45) is 1.45. The zero-order valence-corrected chi connectivity index (χ0v) is 21.3. The van der Waals surface area contributed by atoms with E-state index in [1.807, 2.05) is 19.9 Å². The largest absolute Gasteiger partial charge is 0.478 e. The van der Waals surface area contributed by atoms with Crippen LogP contribution in [0.4, 0.5) is 5.69 Å². The van der Waals surface area contributed by atoms with E-state index in [2.05, 4.69) is 5.32 Å². The predicted molar refractivity (Wildman–Crippen MR) is 141 cm³/mol. The second-order valence-electron chi connectivity index (χ2n) is 8.84. The number of hydrogen-bond acceptors (Lipinski definition) is 5. The number of carboxylic acid groups (broad SMARTS) is 2. The molecule has 188 valence electrons. The number of benzene rings is 2. The van der Waals surface area contributed by atoms with Gasteiger partial charge in [-0.2, -0.15) is 0 Å². The number of carbonyl (C=O) groups is 4. The summed E-state index contributed by atoms with van der Waals surface area (Å²) in [5.74, 6) is -3.74. The van der Waals surface area contributed by atoms with Gasteiger partial charge in [-0.15, -0.1) is 0 Å². The molecule has 37 heavy (non-hydrogen) atoms. The molecule has 0 saturated carbocycles. The maximum atomic E-state index is 13.5. The van der Waals surface area contributed by atoms with Crippen LogP contribution in [0.1, 0.15) is 48.8 Å². The monoisotopic (exact) mass is 517 g/mol. The number of amides is 2. The van der Waals surface area contributed by atoms with Crippen LogP contribution in [0.15, 0.2) is 48.0 Å². The van der Waals surface area contributed by atoms with Gasteiger partial charge in [0.05, 0.1) is 16.8 Å². The minimum Gasteiger partial charge on any atom is -0.478 e. The highest BCUT2D eigenvalue weighted by Crippen LogP contribution is 2.28. The summed E-state index contributed by atoms with van der Waals surface area (Å²) in [6.45, 7) is 7.27. The van der Waals surface area contributed by atoms with Crippen molar-refractivity contribution in [3.05, 3.63) is 87.2 Å². The van der Waals surface area contributed by atoms with E-state index in [1.165, 1.54) is 23.1 Å². The minimum absolute atomic E-state index is 0.0192. The number of aromatic nitrogens is 1. The highest BCUT2D eigenvalue weighted by molar-refractivity contribution is 7.80. The normalized spacial score (nSPS) is 14.8. The van der Waals surface area contributed by atoms with Gasteiger partial charge in [0.2, 0.25) is 0 Å². The van der Waals surface area contributed by atoms with Crippen molar-refractivity contribution in [1.29, 1.82) is 0 Å². The van der Waals surface area contributed by atoms with Crippen molar-refractivity contribution >= 4 is 52.8 Å². The van der Waals surface area contributed by atoms with Gasteiger partial charge >= 0.3 is 11.9 Å². The van der Waals surface area contributed by atoms with E-state index in [-0.39, 0.29) is 21.8 Å². The molecule has 1 aliphatic rings. The van der Waals surface area contributed by atoms with E-state index >= 15 is 0 Å². The number of aryl methyl sites for hydroxylation is 3. The van der Waals surface area contributed by atoms with Gasteiger partial charge in [-0.25, -0.2) is 9.59 Å². The lowest BCUT2D eigenvalue weighted by Crippen LogP contribution is -2.54. The van der Waals surface area contributed by atoms with E-state index in [0.717, 1.165) is 17.2 Å². The molecule has 4 rings (SSSR count). The smallest absolute Gasteiger partial charge is 0.335 e. The van der Waals surface area contributed by atoms with Crippen LogP contribution in [0.3, 0.4) is 0 Å². The fraction of sp³-hybridized carbons (Fsp3) is 0.148. The number of carboxylic acids is 2. The zero-order chi connectivity index (χ0) is 27.2. The maximum absolute atomic E-state index is 13.5. The minimum atomic E-state index is -1.26. The highest BCUT2D eigenvalue weighted by atomic mass is 32.1. The number of thiocarbonyl (C=S) groups is 1. The summed E-state index contributed by atoms with van der Waals surface area (Å²) in [5.41, 5.74) is 4.00. The van der Waals surface area contributed by atoms with Gasteiger partial charge < -0.3 is 14.8 Å². The summed E-state index contributed by atoms with van der Waals surface area (Å²) in [5, 5.41) is 21.4. The summed E-state index contributed by atoms with van der Waals surface area (Å²) >= 11 is 5.29. The van der Waals surface area contributed by atoms with Crippen LogP contribution in [0, 0.1) is 27.7 Å². The van der Waals surface area contributed by atoms with Crippen LogP contribution in [0.5, 0.6) is 0 Å². The van der Waals surface area contributed by atoms with Crippen LogP contribution in [-0.2, 0) is 9.59 Å². The van der Waals surface area contributed by atoms with Crippen LogP contribution in [-0.4, -0.2) is 43.6 Å². The Bertz CT molecular complexity index is 1510. The molecule has 2 heterocycles. The molecule has 0 atom stereocenters. The first kappa shape index (κ1) is 25.5. The van der Waals surface area contributed by atoms with Crippen molar-refractivity contribution in [3.8, 4) is 5.69 Å². The third-order valence-electron chi connectivity index (χ3n) is 6.01. The number of nitrogens with zero attached hydrogens (tertiary/aromatic N) is 2. The fourth-order valence-corrected chi connectivity index (χ4v) is 4.73. The van der Waals surface area contributed by atoms with Crippen molar-refractivity contribution in [1.82, 2.24) is 9.88 Å². The Balaban J connectivity index is 1.81. The molecule has 0 aliphatic carbocycles. The number of anilines is 1. The summed E-state index contributed by atoms with van der Waals surface area (Å²) < 4.78 is 1.67. The molecule has 1 fully saturated rings. The molecule has 0 unspecified atom stereocenters. The Labute approximate surface area is 217 Å². The quantitative estimate of drug-likeness (QED) is 0.266. The average molecular weight is 518 g/mol. The van der Waals surface area contributed by atoms with Gasteiger partial charge in [-0.1, -0.05) is 6.07 Å². The molecule has 3 N–H and O–H groups in total. The van der Waals surface area contributed by atoms with Crippen molar-refractivity contribution in [2.75, 3.05) is 4.90 Å². The molecule has 2 aromatic carbocycles. The molecule has 9 nitrogen and oxygen atoms in total. The second kappa shape index (κ2) is 9.47.